The van der Waals surface area contributed by atoms with Crippen LogP contribution in [0.3, 0.4) is 0 Å². The molecule has 2 rings (SSSR count). The molecule has 0 fully saturated rings. The van der Waals surface area contributed by atoms with E-state index >= 15 is 0 Å². The van der Waals surface area contributed by atoms with Gasteiger partial charge in [-0.15, -0.1) is 0 Å². The second kappa shape index (κ2) is 5.25. The molecule has 1 unspecified atom stereocenters. The average molecular weight is 315 g/mol. The highest BCUT2D eigenvalue weighted by molar-refractivity contribution is 9.10. The van der Waals surface area contributed by atoms with E-state index in [0.717, 1.165) is 26.4 Å². The van der Waals surface area contributed by atoms with Gasteiger partial charge in [0.1, 0.15) is 5.76 Å². The Bertz CT molecular complexity index is 524. The van der Waals surface area contributed by atoms with Gasteiger partial charge in [0.15, 0.2) is 0 Å². The predicted octanol–water partition coefficient (Wildman–Crippen LogP) is 4.31. The topological polar surface area (TPSA) is 25.2 Å². The Hall–Kier alpha value is -0.770. The van der Waals surface area contributed by atoms with Crippen LogP contribution >= 0.6 is 27.5 Å². The van der Waals surface area contributed by atoms with Crippen molar-refractivity contribution in [2.24, 2.45) is 0 Å². The largest absolute Gasteiger partial charge is 0.466 e. The first-order valence-electron chi connectivity index (χ1n) is 5.30. The van der Waals surface area contributed by atoms with E-state index < -0.39 is 0 Å². The van der Waals surface area contributed by atoms with E-state index in [1.807, 2.05) is 38.2 Å². The van der Waals surface area contributed by atoms with Gasteiger partial charge in [-0.05, 0) is 47.1 Å². The van der Waals surface area contributed by atoms with E-state index in [-0.39, 0.29) is 6.04 Å². The first-order valence-corrected chi connectivity index (χ1v) is 6.47. The van der Waals surface area contributed by atoms with Crippen LogP contribution in [0.1, 0.15) is 22.9 Å². The maximum Gasteiger partial charge on any atom is 0.139 e. The molecule has 0 saturated carbocycles. The van der Waals surface area contributed by atoms with Gasteiger partial charge < -0.3 is 9.73 Å². The molecule has 2 nitrogen and oxygen atoms in total. The van der Waals surface area contributed by atoms with Gasteiger partial charge >= 0.3 is 0 Å². The zero-order chi connectivity index (χ0) is 12.4. The molecule has 1 N–H and O–H groups in total. The summed E-state index contributed by atoms with van der Waals surface area (Å²) in [5.41, 5.74) is 2.08. The van der Waals surface area contributed by atoms with Crippen molar-refractivity contribution < 1.29 is 4.42 Å². The summed E-state index contributed by atoms with van der Waals surface area (Å²) < 4.78 is 6.44. The number of aryl methyl sites for hydroxylation is 1. The minimum atomic E-state index is -0.0493. The average Bonchev–Trinajstić information content (AvgIpc) is 2.72. The minimum Gasteiger partial charge on any atom is -0.466 e. The molecule has 0 bridgehead atoms. The lowest BCUT2D eigenvalue weighted by Gasteiger charge is -2.17. The Balaban J connectivity index is 2.50. The van der Waals surface area contributed by atoms with Gasteiger partial charge in [-0.1, -0.05) is 29.8 Å². The lowest BCUT2D eigenvalue weighted by atomic mass is 10.0. The fourth-order valence-corrected chi connectivity index (χ4v) is 2.50. The summed E-state index contributed by atoms with van der Waals surface area (Å²) in [4.78, 5) is 0. The fraction of sp³-hybridized carbons (Fsp3) is 0.231. The molecule has 1 aromatic heterocycles. The maximum atomic E-state index is 6.34. The van der Waals surface area contributed by atoms with Crippen LogP contribution in [0, 0.1) is 6.92 Å². The number of halogens is 2. The predicted molar refractivity (Wildman–Crippen MR) is 73.5 cm³/mol. The first kappa shape index (κ1) is 12.7. The number of benzene rings is 1. The minimum absolute atomic E-state index is 0.0493. The molecule has 0 spiro atoms. The molecular formula is C13H13BrClNO. The summed E-state index contributed by atoms with van der Waals surface area (Å²) in [6, 6.07) is 7.83. The lowest BCUT2D eigenvalue weighted by Crippen LogP contribution is -2.18. The van der Waals surface area contributed by atoms with E-state index in [1.54, 1.807) is 6.26 Å². The highest BCUT2D eigenvalue weighted by Gasteiger charge is 2.21. The van der Waals surface area contributed by atoms with Gasteiger partial charge in [-0.3, -0.25) is 0 Å². The van der Waals surface area contributed by atoms with E-state index in [9.17, 15) is 0 Å². The second-order valence-electron chi connectivity index (χ2n) is 3.83. The number of nitrogens with one attached hydrogen (secondary N) is 1. The highest BCUT2D eigenvalue weighted by Crippen LogP contribution is 2.34. The lowest BCUT2D eigenvalue weighted by molar-refractivity contribution is 0.461. The van der Waals surface area contributed by atoms with Crippen LogP contribution < -0.4 is 5.32 Å². The van der Waals surface area contributed by atoms with Crippen molar-refractivity contribution in [1.29, 1.82) is 0 Å². The van der Waals surface area contributed by atoms with Crippen LogP contribution in [-0.2, 0) is 0 Å². The summed E-state index contributed by atoms with van der Waals surface area (Å²) in [6.45, 7) is 2.00. The van der Waals surface area contributed by atoms with Gasteiger partial charge in [-0.2, -0.15) is 0 Å². The van der Waals surface area contributed by atoms with Gasteiger partial charge in [0.05, 0.1) is 16.8 Å². The van der Waals surface area contributed by atoms with Crippen molar-refractivity contribution in [3.63, 3.8) is 0 Å². The van der Waals surface area contributed by atoms with Crippen LogP contribution in [0.15, 0.2) is 39.4 Å². The Morgan fingerprint density at radius 1 is 1.35 bits per heavy atom. The van der Waals surface area contributed by atoms with Crippen LogP contribution in [-0.4, -0.2) is 7.05 Å². The van der Waals surface area contributed by atoms with E-state index in [1.165, 1.54) is 0 Å². The molecule has 17 heavy (non-hydrogen) atoms. The molecule has 0 aliphatic carbocycles. The Kier molecular flexibility index (Phi) is 3.92. The van der Waals surface area contributed by atoms with Crippen LogP contribution in [0.2, 0.25) is 5.02 Å². The van der Waals surface area contributed by atoms with Crippen molar-refractivity contribution in [3.8, 4) is 0 Å². The molecule has 4 heteroatoms. The van der Waals surface area contributed by atoms with Crippen LogP contribution in [0.4, 0.5) is 0 Å². The summed E-state index contributed by atoms with van der Waals surface area (Å²) >= 11 is 9.81. The highest BCUT2D eigenvalue weighted by atomic mass is 79.9. The zero-order valence-electron chi connectivity index (χ0n) is 9.63. The van der Waals surface area contributed by atoms with Crippen molar-refractivity contribution >= 4 is 27.5 Å². The fourth-order valence-electron chi connectivity index (χ4n) is 1.83. The van der Waals surface area contributed by atoms with E-state index in [2.05, 4.69) is 21.2 Å². The normalized spacial score (nSPS) is 12.7. The Morgan fingerprint density at radius 3 is 2.71 bits per heavy atom. The molecule has 1 aromatic carbocycles. The maximum absolute atomic E-state index is 6.34. The van der Waals surface area contributed by atoms with Gasteiger partial charge in [0, 0.05) is 5.02 Å². The number of furan rings is 1. The molecule has 90 valence electrons. The number of hydrogen-bond donors (Lipinski definition) is 1. The summed E-state index contributed by atoms with van der Waals surface area (Å²) in [7, 11) is 1.89. The third-order valence-corrected chi connectivity index (χ3v) is 3.90. The molecule has 2 aromatic rings. The summed E-state index contributed by atoms with van der Waals surface area (Å²) in [6.07, 6.45) is 1.66. The molecule has 0 aliphatic rings. The monoisotopic (exact) mass is 313 g/mol. The number of rotatable bonds is 3. The van der Waals surface area contributed by atoms with Crippen LogP contribution in [0.5, 0.6) is 0 Å². The van der Waals surface area contributed by atoms with Gasteiger partial charge in [-0.25, -0.2) is 0 Å². The molecule has 0 saturated heterocycles. The second-order valence-corrected chi connectivity index (χ2v) is 5.06. The molecule has 0 amide bonds. The van der Waals surface area contributed by atoms with Crippen molar-refractivity contribution in [2.45, 2.75) is 13.0 Å². The van der Waals surface area contributed by atoms with Gasteiger partial charge in [0.2, 0.25) is 0 Å². The third kappa shape index (κ3) is 2.41. The zero-order valence-corrected chi connectivity index (χ0v) is 12.0. The Labute approximate surface area is 114 Å². The number of hydrogen-bond acceptors (Lipinski definition) is 2. The Morgan fingerprint density at radius 2 is 2.12 bits per heavy atom. The van der Waals surface area contributed by atoms with Crippen molar-refractivity contribution in [3.05, 3.63) is 56.9 Å². The molecule has 0 aliphatic heterocycles. The SMILES string of the molecule is CNC(c1cccc(C)c1Cl)c1occc1Br. The quantitative estimate of drug-likeness (QED) is 0.913. The molecule has 1 heterocycles. The molecular weight excluding hydrogens is 302 g/mol. The smallest absolute Gasteiger partial charge is 0.139 e. The van der Waals surface area contributed by atoms with E-state index in [0.29, 0.717) is 0 Å². The third-order valence-electron chi connectivity index (χ3n) is 2.73. The van der Waals surface area contributed by atoms with Crippen LogP contribution in [0.25, 0.3) is 0 Å². The molecule has 1 atom stereocenters. The van der Waals surface area contributed by atoms with Crippen molar-refractivity contribution in [1.82, 2.24) is 5.32 Å². The summed E-state index contributed by atoms with van der Waals surface area (Å²) in [5, 5.41) is 3.99. The summed E-state index contributed by atoms with van der Waals surface area (Å²) in [5.74, 6) is 0.833. The van der Waals surface area contributed by atoms with Crippen molar-refractivity contribution in [2.75, 3.05) is 7.05 Å². The first-order chi connectivity index (χ1) is 8.15. The van der Waals surface area contributed by atoms with E-state index in [4.69, 9.17) is 16.0 Å². The van der Waals surface area contributed by atoms with Gasteiger partial charge in [0.25, 0.3) is 0 Å². The standard InChI is InChI=1S/C13H13BrClNO/c1-8-4-3-5-9(11(8)15)12(16-2)13-10(14)6-7-17-13/h3-7,12,16H,1-2H3. The molecule has 0 radical (unpaired) electrons.